The number of Topliss-reactive ketones (excluding diaryl/α,β-unsaturated/α-hetero) is 1. The lowest BCUT2D eigenvalue weighted by Gasteiger charge is -2.17. The van der Waals surface area contributed by atoms with Crippen molar-refractivity contribution >= 4 is 11.8 Å². The Morgan fingerprint density at radius 3 is 2.19 bits per heavy atom. The summed E-state index contributed by atoms with van der Waals surface area (Å²) in [5.41, 5.74) is 7.73. The maximum absolute atomic E-state index is 12.2. The van der Waals surface area contributed by atoms with Gasteiger partial charge in [0.05, 0.1) is 25.4 Å². The number of carbonyl (C=O) groups excluding carboxylic acids is 1. The van der Waals surface area contributed by atoms with E-state index < -0.39 is 25.0 Å². The molecule has 0 bridgehead atoms. The number of aliphatic hydroxyl groups is 3. The third kappa shape index (κ3) is 3.40. The molecule has 0 saturated carbocycles. The summed E-state index contributed by atoms with van der Waals surface area (Å²) in [6.07, 6.45) is 0.296. The number of nitrogens with two attached hydrogens (primary N) is 1. The van der Waals surface area contributed by atoms with E-state index in [2.05, 4.69) is 4.98 Å². The highest BCUT2D eigenvalue weighted by Crippen LogP contribution is 2.36. The molecular formula is C18H22N2O6. The molecule has 2 rings (SSSR count). The van der Waals surface area contributed by atoms with Gasteiger partial charge in [-0.05, 0) is 35.7 Å². The average molecular weight is 362 g/mol. The number of carboxylic acid groups (broad SMARTS) is 1. The number of benzene rings is 1. The fraction of sp³-hybridized carbons (Fsp3) is 0.333. The van der Waals surface area contributed by atoms with Crippen LogP contribution in [0, 0.1) is 0 Å². The van der Waals surface area contributed by atoms with E-state index in [4.69, 9.17) is 5.73 Å². The van der Waals surface area contributed by atoms with Crippen LogP contribution in [0.1, 0.15) is 50.2 Å². The minimum absolute atomic E-state index is 0.00344. The van der Waals surface area contributed by atoms with Crippen molar-refractivity contribution in [3.63, 3.8) is 0 Å². The second-order valence-electron chi connectivity index (χ2n) is 5.83. The highest BCUT2D eigenvalue weighted by atomic mass is 16.4. The number of rotatable bonds is 8. The van der Waals surface area contributed by atoms with Crippen LogP contribution in [0.4, 0.5) is 0 Å². The maximum atomic E-state index is 12.2. The summed E-state index contributed by atoms with van der Waals surface area (Å²) in [5.74, 6) is -1.72. The van der Waals surface area contributed by atoms with Crippen LogP contribution in [0.15, 0.2) is 12.1 Å². The SMILES string of the molecule is CC(=O)c1c(C(=O)O)[nH]c(CCN)c1-c1ccc(CO)c(CO)c1CO. The van der Waals surface area contributed by atoms with E-state index >= 15 is 0 Å². The molecule has 0 aliphatic carbocycles. The topological polar surface area (TPSA) is 157 Å². The van der Waals surface area contributed by atoms with Crippen LogP contribution in [0.5, 0.6) is 0 Å². The zero-order valence-electron chi connectivity index (χ0n) is 14.4. The number of hydrogen-bond acceptors (Lipinski definition) is 6. The Labute approximate surface area is 149 Å². The number of aromatic nitrogens is 1. The monoisotopic (exact) mass is 362 g/mol. The molecule has 8 heteroatoms. The molecule has 8 nitrogen and oxygen atoms in total. The molecule has 0 aliphatic heterocycles. The second kappa shape index (κ2) is 8.24. The first kappa shape index (κ1) is 19.8. The summed E-state index contributed by atoms with van der Waals surface area (Å²) >= 11 is 0. The van der Waals surface area contributed by atoms with Crippen LogP contribution in [0.2, 0.25) is 0 Å². The van der Waals surface area contributed by atoms with Gasteiger partial charge >= 0.3 is 5.97 Å². The molecule has 1 heterocycles. The lowest BCUT2D eigenvalue weighted by Crippen LogP contribution is -2.08. The molecule has 0 unspecified atom stereocenters. The summed E-state index contributed by atoms with van der Waals surface area (Å²) in [6.45, 7) is 0.286. The standard InChI is InChI=1S/C18H22N2O6/c1-9(24)15-16(14(4-5-19)20-17(15)18(25)26)11-3-2-10(6-21)12(7-22)13(11)8-23/h2-3,20-23H,4-8,19H2,1H3,(H,25,26). The first-order chi connectivity index (χ1) is 12.4. The quantitative estimate of drug-likeness (QED) is 0.375. The predicted molar refractivity (Wildman–Crippen MR) is 93.7 cm³/mol. The lowest BCUT2D eigenvalue weighted by atomic mass is 9.89. The van der Waals surface area contributed by atoms with Crippen molar-refractivity contribution in [3.05, 3.63) is 45.8 Å². The van der Waals surface area contributed by atoms with Gasteiger partial charge in [-0.1, -0.05) is 12.1 Å². The van der Waals surface area contributed by atoms with Crippen LogP contribution in [0.25, 0.3) is 11.1 Å². The van der Waals surface area contributed by atoms with Crippen molar-refractivity contribution in [2.45, 2.75) is 33.2 Å². The van der Waals surface area contributed by atoms with Gasteiger partial charge in [0.15, 0.2) is 5.78 Å². The van der Waals surface area contributed by atoms with E-state index in [-0.39, 0.29) is 24.4 Å². The van der Waals surface area contributed by atoms with E-state index in [1.807, 2.05) is 0 Å². The van der Waals surface area contributed by atoms with E-state index in [1.165, 1.54) is 6.92 Å². The zero-order chi connectivity index (χ0) is 19.4. The fourth-order valence-corrected chi connectivity index (χ4v) is 3.19. The summed E-state index contributed by atoms with van der Waals surface area (Å²) in [7, 11) is 0. The average Bonchev–Trinajstić information content (AvgIpc) is 3.00. The van der Waals surface area contributed by atoms with Gasteiger partial charge in [-0.3, -0.25) is 4.79 Å². The van der Waals surface area contributed by atoms with Crippen LogP contribution in [0.3, 0.4) is 0 Å². The summed E-state index contributed by atoms with van der Waals surface area (Å²) in [5, 5.41) is 38.4. The Balaban J connectivity index is 2.91. The Morgan fingerprint density at radius 2 is 1.73 bits per heavy atom. The smallest absolute Gasteiger partial charge is 0.353 e. The van der Waals surface area contributed by atoms with Crippen molar-refractivity contribution in [2.75, 3.05) is 6.54 Å². The largest absolute Gasteiger partial charge is 0.477 e. The molecule has 7 N–H and O–H groups in total. The highest BCUT2D eigenvalue weighted by molar-refractivity contribution is 6.10. The molecular weight excluding hydrogens is 340 g/mol. The van der Waals surface area contributed by atoms with Crippen molar-refractivity contribution in [1.29, 1.82) is 0 Å². The van der Waals surface area contributed by atoms with Gasteiger partial charge in [-0.15, -0.1) is 0 Å². The van der Waals surface area contributed by atoms with Gasteiger partial charge in [0.2, 0.25) is 0 Å². The summed E-state index contributed by atoms with van der Waals surface area (Å²) in [4.78, 5) is 26.5. The van der Waals surface area contributed by atoms with Crippen molar-refractivity contribution < 1.29 is 30.0 Å². The molecule has 0 amide bonds. The zero-order valence-corrected chi connectivity index (χ0v) is 14.4. The molecule has 0 aliphatic rings. The minimum Gasteiger partial charge on any atom is -0.477 e. The molecule has 26 heavy (non-hydrogen) atoms. The predicted octanol–water partition coefficient (Wildman–Crippen LogP) is 0.561. The highest BCUT2D eigenvalue weighted by Gasteiger charge is 2.27. The molecule has 1 aromatic carbocycles. The van der Waals surface area contributed by atoms with E-state index in [1.54, 1.807) is 12.1 Å². The minimum atomic E-state index is -1.28. The second-order valence-corrected chi connectivity index (χ2v) is 5.83. The summed E-state index contributed by atoms with van der Waals surface area (Å²) < 4.78 is 0. The number of carboxylic acids is 1. The fourth-order valence-electron chi connectivity index (χ4n) is 3.19. The molecule has 0 atom stereocenters. The number of ketones is 1. The van der Waals surface area contributed by atoms with Gasteiger partial charge < -0.3 is 31.1 Å². The molecule has 1 aromatic heterocycles. The van der Waals surface area contributed by atoms with Crippen molar-refractivity contribution in [1.82, 2.24) is 4.98 Å². The van der Waals surface area contributed by atoms with Crippen LogP contribution >= 0.6 is 0 Å². The molecule has 0 saturated heterocycles. The van der Waals surface area contributed by atoms with Gasteiger partial charge in [0.1, 0.15) is 5.69 Å². The molecule has 140 valence electrons. The van der Waals surface area contributed by atoms with Gasteiger partial charge in [-0.2, -0.15) is 0 Å². The molecule has 0 radical (unpaired) electrons. The summed E-state index contributed by atoms with van der Waals surface area (Å²) in [6, 6.07) is 3.17. The Kier molecular flexibility index (Phi) is 6.27. The number of hydrogen-bond donors (Lipinski definition) is 6. The van der Waals surface area contributed by atoms with E-state index in [0.29, 0.717) is 39.9 Å². The first-order valence-electron chi connectivity index (χ1n) is 8.06. The van der Waals surface area contributed by atoms with Crippen LogP contribution in [-0.2, 0) is 26.2 Å². The number of aromatic carboxylic acids is 1. The van der Waals surface area contributed by atoms with Gasteiger partial charge in [-0.25, -0.2) is 4.79 Å². The third-order valence-corrected chi connectivity index (χ3v) is 4.32. The molecule has 0 spiro atoms. The lowest BCUT2D eigenvalue weighted by molar-refractivity contribution is 0.0686. The van der Waals surface area contributed by atoms with Crippen molar-refractivity contribution in [2.24, 2.45) is 5.73 Å². The van der Waals surface area contributed by atoms with Crippen molar-refractivity contribution in [3.8, 4) is 11.1 Å². The number of aromatic amines is 1. The van der Waals surface area contributed by atoms with Gasteiger partial charge in [0.25, 0.3) is 0 Å². The number of nitrogens with one attached hydrogen (secondary N) is 1. The number of H-pyrrole nitrogens is 1. The van der Waals surface area contributed by atoms with E-state index in [0.717, 1.165) is 0 Å². The molecule has 2 aromatic rings. The van der Waals surface area contributed by atoms with Gasteiger partial charge in [0, 0.05) is 17.7 Å². The molecule has 0 fully saturated rings. The Bertz CT molecular complexity index is 841. The number of aliphatic hydroxyl groups excluding tert-OH is 3. The van der Waals surface area contributed by atoms with E-state index in [9.17, 15) is 30.0 Å². The first-order valence-corrected chi connectivity index (χ1v) is 8.06. The normalized spacial score (nSPS) is 11.0. The Morgan fingerprint density at radius 1 is 1.08 bits per heavy atom. The Hall–Kier alpha value is -2.52. The third-order valence-electron chi connectivity index (χ3n) is 4.32. The number of carbonyl (C=O) groups is 2. The maximum Gasteiger partial charge on any atom is 0.353 e. The van der Waals surface area contributed by atoms with Crippen LogP contribution < -0.4 is 5.73 Å². The van der Waals surface area contributed by atoms with Crippen LogP contribution in [-0.4, -0.2) is 43.7 Å².